The summed E-state index contributed by atoms with van der Waals surface area (Å²) >= 11 is 1.25. The number of nitrogens with zero attached hydrogens (tertiary/aromatic N) is 3. The molecule has 2 heterocycles. The van der Waals surface area contributed by atoms with Gasteiger partial charge in [0.15, 0.2) is 15.0 Å². The molecular formula is C17H21FN4O3S2. The lowest BCUT2D eigenvalue weighted by Gasteiger charge is -2.12. The van der Waals surface area contributed by atoms with Gasteiger partial charge in [-0.05, 0) is 37.5 Å². The van der Waals surface area contributed by atoms with E-state index in [1.165, 1.54) is 30.0 Å². The summed E-state index contributed by atoms with van der Waals surface area (Å²) in [5.74, 6) is 0.502. The van der Waals surface area contributed by atoms with Crippen molar-refractivity contribution in [2.75, 3.05) is 16.8 Å². The minimum atomic E-state index is -2.93. The molecule has 0 radical (unpaired) electrons. The molecule has 0 bridgehead atoms. The molecule has 1 saturated heterocycles. The average molecular weight is 413 g/mol. The Morgan fingerprint density at radius 3 is 2.89 bits per heavy atom. The lowest BCUT2D eigenvalue weighted by Crippen LogP contribution is -2.23. The zero-order valence-electron chi connectivity index (χ0n) is 15.1. The molecule has 10 heteroatoms. The molecule has 2 atom stereocenters. The number of rotatable bonds is 6. The molecule has 1 aromatic carbocycles. The highest BCUT2D eigenvalue weighted by Gasteiger charge is 2.29. The largest absolute Gasteiger partial charge is 0.325 e. The first-order valence-corrected chi connectivity index (χ1v) is 11.3. The predicted octanol–water partition coefficient (Wildman–Crippen LogP) is 2.05. The van der Waals surface area contributed by atoms with Crippen LogP contribution in [0, 0.1) is 11.7 Å². The number of aromatic nitrogens is 3. The molecular weight excluding hydrogens is 391 g/mol. The van der Waals surface area contributed by atoms with Gasteiger partial charge in [-0.2, -0.15) is 0 Å². The van der Waals surface area contributed by atoms with E-state index in [0.29, 0.717) is 29.5 Å². The lowest BCUT2D eigenvalue weighted by atomic mass is 10.1. The Labute approximate surface area is 161 Å². The van der Waals surface area contributed by atoms with Crippen LogP contribution in [0.15, 0.2) is 29.4 Å². The van der Waals surface area contributed by atoms with E-state index in [-0.39, 0.29) is 23.3 Å². The summed E-state index contributed by atoms with van der Waals surface area (Å²) in [7, 11) is -1.12. The third-order valence-electron chi connectivity index (χ3n) is 4.47. The summed E-state index contributed by atoms with van der Waals surface area (Å²) in [6.07, 6.45) is 1.19. The smallest absolute Gasteiger partial charge is 0.237 e. The van der Waals surface area contributed by atoms with Gasteiger partial charge in [-0.1, -0.05) is 17.8 Å². The van der Waals surface area contributed by atoms with E-state index in [9.17, 15) is 17.6 Å². The van der Waals surface area contributed by atoms with Gasteiger partial charge in [0, 0.05) is 19.2 Å². The number of thioether (sulfide) groups is 1. The highest BCUT2D eigenvalue weighted by Crippen LogP contribution is 2.26. The molecule has 1 aliphatic rings. The standard InChI is InChI=1S/C17H21FN4O3S2/c1-11(16(23)19-14-5-3-4-13(18)9-14)26-17-21-20-15(22(17)2)8-12-6-7-27(24,25)10-12/h3-5,9,11-12H,6-8,10H2,1-2H3,(H,19,23). The maximum atomic E-state index is 13.2. The van der Waals surface area contributed by atoms with Crippen LogP contribution in [0.25, 0.3) is 0 Å². The number of sulfone groups is 1. The number of carbonyl (C=O) groups is 1. The quantitative estimate of drug-likeness (QED) is 0.730. The number of amides is 1. The van der Waals surface area contributed by atoms with Crippen molar-refractivity contribution in [3.8, 4) is 0 Å². The molecule has 2 aromatic rings. The molecule has 2 unspecified atom stereocenters. The van der Waals surface area contributed by atoms with E-state index in [1.807, 2.05) is 0 Å². The fraction of sp³-hybridized carbons (Fsp3) is 0.471. The normalized spacial score (nSPS) is 19.7. The first-order valence-electron chi connectivity index (χ1n) is 8.55. The van der Waals surface area contributed by atoms with Gasteiger partial charge in [-0.15, -0.1) is 10.2 Å². The Hall–Kier alpha value is -1.94. The van der Waals surface area contributed by atoms with Gasteiger partial charge in [-0.25, -0.2) is 12.8 Å². The minimum absolute atomic E-state index is 0.0597. The number of nitrogens with one attached hydrogen (secondary N) is 1. The third-order valence-corrected chi connectivity index (χ3v) is 7.44. The molecule has 1 aromatic heterocycles. The minimum Gasteiger partial charge on any atom is -0.325 e. The Morgan fingerprint density at radius 2 is 2.22 bits per heavy atom. The van der Waals surface area contributed by atoms with Crippen LogP contribution in [0.3, 0.4) is 0 Å². The molecule has 1 N–H and O–H groups in total. The summed E-state index contributed by atoms with van der Waals surface area (Å²) in [4.78, 5) is 12.3. The van der Waals surface area contributed by atoms with Gasteiger partial charge in [0.05, 0.1) is 16.8 Å². The van der Waals surface area contributed by atoms with Crippen LogP contribution in [-0.4, -0.2) is 45.8 Å². The number of hydrogen-bond donors (Lipinski definition) is 1. The van der Waals surface area contributed by atoms with Crippen LogP contribution in [0.4, 0.5) is 10.1 Å². The second-order valence-corrected chi connectivity index (χ2v) is 10.2. The molecule has 146 valence electrons. The van der Waals surface area contributed by atoms with Gasteiger partial charge in [-0.3, -0.25) is 4.79 Å². The fourth-order valence-corrected chi connectivity index (χ4v) is 5.63. The summed E-state index contributed by atoms with van der Waals surface area (Å²) in [6.45, 7) is 1.73. The van der Waals surface area contributed by atoms with Crippen LogP contribution >= 0.6 is 11.8 Å². The molecule has 0 aliphatic carbocycles. The average Bonchev–Trinajstić information content (AvgIpc) is 3.11. The van der Waals surface area contributed by atoms with E-state index in [4.69, 9.17) is 0 Å². The van der Waals surface area contributed by atoms with Crippen LogP contribution in [0.1, 0.15) is 19.2 Å². The van der Waals surface area contributed by atoms with Crippen LogP contribution in [0.5, 0.6) is 0 Å². The van der Waals surface area contributed by atoms with Crippen LogP contribution in [0.2, 0.25) is 0 Å². The van der Waals surface area contributed by atoms with E-state index < -0.39 is 20.9 Å². The number of hydrogen-bond acceptors (Lipinski definition) is 6. The molecule has 0 saturated carbocycles. The number of benzene rings is 1. The van der Waals surface area contributed by atoms with Crippen molar-refractivity contribution in [2.45, 2.75) is 30.2 Å². The Bertz CT molecular complexity index is 945. The van der Waals surface area contributed by atoms with Crippen molar-refractivity contribution in [2.24, 2.45) is 13.0 Å². The third kappa shape index (κ3) is 5.07. The van der Waals surface area contributed by atoms with E-state index >= 15 is 0 Å². The Morgan fingerprint density at radius 1 is 1.44 bits per heavy atom. The molecule has 1 aliphatic heterocycles. The maximum absolute atomic E-state index is 13.2. The van der Waals surface area contributed by atoms with Crippen molar-refractivity contribution in [3.63, 3.8) is 0 Å². The molecule has 3 rings (SSSR count). The van der Waals surface area contributed by atoms with E-state index in [0.717, 1.165) is 0 Å². The van der Waals surface area contributed by atoms with Crippen LogP contribution < -0.4 is 5.32 Å². The number of halogens is 1. The number of anilines is 1. The molecule has 27 heavy (non-hydrogen) atoms. The first-order chi connectivity index (χ1) is 12.7. The SMILES string of the molecule is CC(Sc1nnc(CC2CCS(=O)(=O)C2)n1C)C(=O)Nc1cccc(F)c1. The lowest BCUT2D eigenvalue weighted by molar-refractivity contribution is -0.115. The van der Waals surface area contributed by atoms with Gasteiger partial charge < -0.3 is 9.88 Å². The van der Waals surface area contributed by atoms with Crippen molar-refractivity contribution in [1.29, 1.82) is 0 Å². The topological polar surface area (TPSA) is 93.9 Å². The monoisotopic (exact) mass is 412 g/mol. The second-order valence-electron chi connectivity index (χ2n) is 6.69. The first kappa shape index (κ1) is 19.8. The second kappa shape index (κ2) is 7.97. The molecule has 0 spiro atoms. The van der Waals surface area contributed by atoms with Crippen molar-refractivity contribution < 1.29 is 17.6 Å². The molecule has 1 fully saturated rings. The highest BCUT2D eigenvalue weighted by atomic mass is 32.2. The zero-order chi connectivity index (χ0) is 19.6. The van der Waals surface area contributed by atoms with Gasteiger partial charge >= 0.3 is 0 Å². The molecule has 1 amide bonds. The summed E-state index contributed by atoms with van der Waals surface area (Å²) in [5.41, 5.74) is 0.397. The van der Waals surface area contributed by atoms with Crippen molar-refractivity contribution in [3.05, 3.63) is 35.9 Å². The van der Waals surface area contributed by atoms with Gasteiger partial charge in [0.2, 0.25) is 5.91 Å². The van der Waals surface area contributed by atoms with Crippen molar-refractivity contribution >= 4 is 33.2 Å². The van der Waals surface area contributed by atoms with E-state index in [2.05, 4.69) is 15.5 Å². The highest BCUT2D eigenvalue weighted by molar-refractivity contribution is 8.00. The van der Waals surface area contributed by atoms with Gasteiger partial charge in [0.1, 0.15) is 11.6 Å². The maximum Gasteiger partial charge on any atom is 0.237 e. The summed E-state index contributed by atoms with van der Waals surface area (Å²) in [5, 5.41) is 11.1. The van der Waals surface area contributed by atoms with Crippen LogP contribution in [-0.2, 0) is 28.1 Å². The molecule has 7 nitrogen and oxygen atoms in total. The Balaban J connectivity index is 1.60. The van der Waals surface area contributed by atoms with Gasteiger partial charge in [0.25, 0.3) is 0 Å². The summed E-state index contributed by atoms with van der Waals surface area (Å²) in [6, 6.07) is 5.71. The number of carbonyl (C=O) groups excluding carboxylic acids is 1. The Kier molecular flexibility index (Phi) is 5.85. The predicted molar refractivity (Wildman–Crippen MR) is 102 cm³/mol. The van der Waals surface area contributed by atoms with E-state index in [1.54, 1.807) is 24.6 Å². The fourth-order valence-electron chi connectivity index (χ4n) is 2.94. The zero-order valence-corrected chi connectivity index (χ0v) is 16.7. The van der Waals surface area contributed by atoms with Crippen molar-refractivity contribution in [1.82, 2.24) is 14.8 Å². The summed E-state index contributed by atoms with van der Waals surface area (Å²) < 4.78 is 38.2.